The van der Waals surface area contributed by atoms with Crippen molar-refractivity contribution in [1.29, 1.82) is 0 Å². The van der Waals surface area contributed by atoms with E-state index in [4.69, 9.17) is 14.2 Å². The van der Waals surface area contributed by atoms with Crippen molar-refractivity contribution in [3.05, 3.63) is 60.8 Å². The lowest BCUT2D eigenvalue weighted by Gasteiger charge is -2.31. The molecule has 0 amide bonds. The third-order valence-electron chi connectivity index (χ3n) is 10.4. The summed E-state index contributed by atoms with van der Waals surface area (Å²) >= 11 is 0. The molecule has 0 aliphatic rings. The lowest BCUT2D eigenvalue weighted by atomic mass is 10.0. The molecule has 0 spiro atoms. The van der Waals surface area contributed by atoms with Crippen molar-refractivity contribution in [1.82, 2.24) is 0 Å². The van der Waals surface area contributed by atoms with Crippen LogP contribution in [0.25, 0.3) is 0 Å². The molecule has 8 heteroatoms. The highest BCUT2D eigenvalue weighted by atomic mass is 16.6. The Kier molecular flexibility index (Phi) is 39.6. The minimum Gasteiger partial charge on any atom is -0.477 e. The third-order valence-corrected chi connectivity index (χ3v) is 10.4. The van der Waals surface area contributed by atoms with E-state index in [9.17, 15) is 19.5 Å². The number of rotatable bonds is 42. The minimum absolute atomic E-state index is 0.0551. The van der Waals surface area contributed by atoms with Crippen molar-refractivity contribution >= 4 is 17.9 Å². The van der Waals surface area contributed by atoms with Crippen LogP contribution in [0, 0.1) is 0 Å². The number of esters is 2. The molecule has 2 atom stereocenters. The number of likely N-dealkylation sites (N-methyl/N-ethyl adjacent to an activating group) is 1. The first-order valence-corrected chi connectivity index (χ1v) is 23.8. The summed E-state index contributed by atoms with van der Waals surface area (Å²) in [6.07, 6.45) is 51.3. The van der Waals surface area contributed by atoms with Crippen LogP contribution in [0.5, 0.6) is 0 Å². The van der Waals surface area contributed by atoms with E-state index in [2.05, 4.69) is 74.6 Å². The highest BCUT2D eigenvalue weighted by Gasteiger charge is 2.31. The number of hydrogen-bond donors (Lipinski definition) is 1. The Balaban J connectivity index is 4.22. The van der Waals surface area contributed by atoms with Gasteiger partial charge in [0.05, 0.1) is 34.4 Å². The fourth-order valence-corrected chi connectivity index (χ4v) is 6.79. The van der Waals surface area contributed by atoms with Gasteiger partial charge in [0.25, 0.3) is 0 Å². The van der Waals surface area contributed by atoms with Crippen molar-refractivity contribution < 1.29 is 38.2 Å². The maximum absolute atomic E-state index is 12.8. The molecule has 0 aliphatic heterocycles. The van der Waals surface area contributed by atoms with Crippen LogP contribution in [-0.2, 0) is 28.6 Å². The lowest BCUT2D eigenvalue weighted by Crippen LogP contribution is -2.50. The van der Waals surface area contributed by atoms with Gasteiger partial charge in [0.1, 0.15) is 6.61 Å². The van der Waals surface area contributed by atoms with Crippen LogP contribution in [0.2, 0.25) is 0 Å². The summed E-state index contributed by atoms with van der Waals surface area (Å²) < 4.78 is 17.3. The molecule has 0 heterocycles. The van der Waals surface area contributed by atoms with Gasteiger partial charge in [0, 0.05) is 19.3 Å². The quantitative estimate of drug-likeness (QED) is 0.0283. The zero-order valence-corrected chi connectivity index (χ0v) is 38.7. The Morgan fingerprint density at radius 2 is 0.898 bits per heavy atom. The standard InChI is InChI=1S/C51H89NO7/c1-6-8-10-12-14-16-18-20-21-22-23-24-25-26-27-28-29-30-32-34-36-38-40-42-50(54)59-47(45-57-44-43-48(51(55)56)52(3,4)5)46-58-49(53)41-39-37-35-33-31-19-17-15-13-11-9-7-2/h8-11,14-17,20-21,47-48H,6-7,12-13,18-19,22-46H2,1-5H3/p+1/b10-8+,11-9+,16-14+,17-15+,21-20+. The summed E-state index contributed by atoms with van der Waals surface area (Å²) in [5, 5.41) is 9.63. The zero-order chi connectivity index (χ0) is 43.5. The van der Waals surface area contributed by atoms with Gasteiger partial charge in [-0.05, 0) is 70.6 Å². The predicted octanol–water partition coefficient (Wildman–Crippen LogP) is 13.4. The highest BCUT2D eigenvalue weighted by molar-refractivity contribution is 5.72. The van der Waals surface area contributed by atoms with Gasteiger partial charge in [-0.3, -0.25) is 9.59 Å². The summed E-state index contributed by atoms with van der Waals surface area (Å²) in [6.45, 7) is 4.51. The van der Waals surface area contributed by atoms with Gasteiger partial charge < -0.3 is 23.8 Å². The third kappa shape index (κ3) is 40.2. The van der Waals surface area contributed by atoms with E-state index < -0.39 is 18.1 Å². The van der Waals surface area contributed by atoms with Crippen LogP contribution in [-0.4, -0.2) is 80.6 Å². The van der Waals surface area contributed by atoms with Crippen molar-refractivity contribution in [3.63, 3.8) is 0 Å². The molecule has 0 aromatic carbocycles. The molecule has 0 aromatic heterocycles. The first kappa shape index (κ1) is 56.0. The molecule has 0 saturated heterocycles. The number of hydrogen-bond acceptors (Lipinski definition) is 6. The molecule has 0 radical (unpaired) electrons. The minimum atomic E-state index is -0.878. The topological polar surface area (TPSA) is 99.1 Å². The summed E-state index contributed by atoms with van der Waals surface area (Å²) in [6, 6.07) is -0.618. The monoisotopic (exact) mass is 829 g/mol. The van der Waals surface area contributed by atoms with Gasteiger partial charge in [-0.2, -0.15) is 0 Å². The van der Waals surface area contributed by atoms with E-state index in [-0.39, 0.29) is 36.2 Å². The van der Waals surface area contributed by atoms with Gasteiger partial charge in [-0.15, -0.1) is 0 Å². The molecular formula is C51H90NO7+. The molecule has 0 bridgehead atoms. The fraction of sp³-hybridized carbons (Fsp3) is 0.745. The van der Waals surface area contributed by atoms with E-state index in [1.54, 1.807) is 0 Å². The SMILES string of the molecule is CC/C=C/C/C=C/C/C=C/CCCCCCCCCCCCCCCC(=O)OC(COCCC(C(=O)O)[N+](C)(C)C)COC(=O)CCCCCCC/C=C/C/C=C/CC. The maximum Gasteiger partial charge on any atom is 0.362 e. The number of nitrogens with zero attached hydrogens (tertiary/aromatic N) is 1. The fourth-order valence-electron chi connectivity index (χ4n) is 6.79. The molecule has 0 fully saturated rings. The number of carboxylic acid groups (broad SMARTS) is 1. The second-order valence-electron chi connectivity index (χ2n) is 17.0. The molecule has 0 aromatic rings. The first-order chi connectivity index (χ1) is 28.6. The smallest absolute Gasteiger partial charge is 0.362 e. The predicted molar refractivity (Wildman–Crippen MR) is 247 cm³/mol. The zero-order valence-electron chi connectivity index (χ0n) is 38.7. The second-order valence-corrected chi connectivity index (χ2v) is 17.0. The Bertz CT molecular complexity index is 1150. The normalized spacial score (nSPS) is 13.4. The van der Waals surface area contributed by atoms with Crippen LogP contribution < -0.4 is 0 Å². The lowest BCUT2D eigenvalue weighted by molar-refractivity contribution is -0.887. The van der Waals surface area contributed by atoms with E-state index >= 15 is 0 Å². The van der Waals surface area contributed by atoms with Crippen molar-refractivity contribution in [3.8, 4) is 0 Å². The second kappa shape index (κ2) is 41.8. The van der Waals surface area contributed by atoms with E-state index in [0.29, 0.717) is 19.3 Å². The Morgan fingerprint density at radius 1 is 0.508 bits per heavy atom. The van der Waals surface area contributed by atoms with Crippen molar-refractivity contribution in [2.24, 2.45) is 0 Å². The molecular weight excluding hydrogens is 739 g/mol. The summed E-state index contributed by atoms with van der Waals surface area (Å²) in [4.78, 5) is 37.0. The van der Waals surface area contributed by atoms with Gasteiger partial charge in [-0.1, -0.05) is 164 Å². The molecule has 0 saturated carbocycles. The number of ether oxygens (including phenoxy) is 3. The summed E-state index contributed by atoms with van der Waals surface area (Å²) in [5.41, 5.74) is 0. The number of carbonyl (C=O) groups is 3. The van der Waals surface area contributed by atoms with Crippen molar-refractivity contribution in [2.75, 3.05) is 41.0 Å². The molecule has 0 aliphatic carbocycles. The molecule has 8 nitrogen and oxygen atoms in total. The average Bonchev–Trinajstić information content (AvgIpc) is 3.19. The number of carboxylic acids is 1. The van der Waals surface area contributed by atoms with Crippen LogP contribution >= 0.6 is 0 Å². The van der Waals surface area contributed by atoms with Crippen LogP contribution in [0.15, 0.2) is 60.8 Å². The number of aliphatic carboxylic acids is 1. The van der Waals surface area contributed by atoms with Crippen LogP contribution in [0.3, 0.4) is 0 Å². The maximum atomic E-state index is 12.8. The van der Waals surface area contributed by atoms with Gasteiger partial charge in [-0.25, -0.2) is 4.79 Å². The molecule has 2 unspecified atom stereocenters. The number of unbranched alkanes of at least 4 members (excludes halogenated alkanes) is 18. The Hall–Kier alpha value is -2.97. The molecule has 1 N–H and O–H groups in total. The molecule has 59 heavy (non-hydrogen) atoms. The molecule has 340 valence electrons. The number of allylic oxidation sites excluding steroid dienone is 10. The van der Waals surface area contributed by atoms with Crippen LogP contribution in [0.1, 0.15) is 194 Å². The Morgan fingerprint density at radius 3 is 1.32 bits per heavy atom. The van der Waals surface area contributed by atoms with Crippen LogP contribution in [0.4, 0.5) is 0 Å². The Labute approximate surface area is 362 Å². The van der Waals surface area contributed by atoms with E-state index in [1.165, 1.54) is 70.6 Å². The van der Waals surface area contributed by atoms with Crippen molar-refractivity contribution in [2.45, 2.75) is 206 Å². The van der Waals surface area contributed by atoms with Gasteiger partial charge >= 0.3 is 17.9 Å². The van der Waals surface area contributed by atoms with E-state index in [0.717, 1.165) is 89.9 Å². The average molecular weight is 829 g/mol. The summed E-state index contributed by atoms with van der Waals surface area (Å²) in [7, 11) is 5.52. The largest absolute Gasteiger partial charge is 0.477 e. The number of carbonyl (C=O) groups excluding carboxylic acids is 2. The van der Waals surface area contributed by atoms with Gasteiger partial charge in [0.2, 0.25) is 0 Å². The molecule has 0 rings (SSSR count). The highest BCUT2D eigenvalue weighted by Crippen LogP contribution is 2.15. The van der Waals surface area contributed by atoms with E-state index in [1.807, 2.05) is 21.1 Å². The summed E-state index contributed by atoms with van der Waals surface area (Å²) in [5.74, 6) is -1.49. The number of quaternary nitrogens is 1. The first-order valence-electron chi connectivity index (χ1n) is 23.8. The van der Waals surface area contributed by atoms with Gasteiger partial charge in [0.15, 0.2) is 12.1 Å².